The molecule has 2 N–H and O–H groups in total. The van der Waals surface area contributed by atoms with Crippen LogP contribution in [0.1, 0.15) is 12.8 Å². The highest BCUT2D eigenvalue weighted by molar-refractivity contribution is 6.50. The second-order valence-corrected chi connectivity index (χ2v) is 1.95. The standard InChI is InChI=1S/C5H8BNO2/c8-6(9)5-2-1-3-7-4-5/h3-4,8-9H,1-2H2. The Labute approximate surface area is 53.9 Å². The van der Waals surface area contributed by atoms with Crippen molar-refractivity contribution in [3.8, 4) is 0 Å². The molecule has 0 radical (unpaired) electrons. The molecule has 0 saturated carbocycles. The molecule has 1 rings (SSSR count). The number of aliphatic imine (C=N–C) groups is 1. The summed E-state index contributed by atoms with van der Waals surface area (Å²) < 4.78 is 0. The average molecular weight is 125 g/mol. The lowest BCUT2D eigenvalue weighted by Crippen LogP contribution is -2.16. The fraction of sp³-hybridized carbons (Fsp3) is 0.400. The van der Waals surface area contributed by atoms with Crippen LogP contribution in [0.3, 0.4) is 0 Å². The minimum absolute atomic E-state index is 0.595. The van der Waals surface area contributed by atoms with Crippen LogP contribution >= 0.6 is 0 Å². The van der Waals surface area contributed by atoms with Crippen LogP contribution in [0.4, 0.5) is 0 Å². The van der Waals surface area contributed by atoms with Gasteiger partial charge in [-0.1, -0.05) is 0 Å². The molecular weight excluding hydrogens is 117 g/mol. The largest absolute Gasteiger partial charge is 0.485 e. The SMILES string of the molecule is OB(O)C1=CN=CCC1. The predicted molar refractivity (Wildman–Crippen MR) is 36.0 cm³/mol. The van der Waals surface area contributed by atoms with Gasteiger partial charge in [0, 0.05) is 12.4 Å². The van der Waals surface area contributed by atoms with Crippen LogP contribution < -0.4 is 0 Å². The lowest BCUT2D eigenvalue weighted by atomic mass is 9.77. The highest BCUT2D eigenvalue weighted by Gasteiger charge is 2.14. The second kappa shape index (κ2) is 2.80. The molecule has 0 atom stereocenters. The highest BCUT2D eigenvalue weighted by Crippen LogP contribution is 2.08. The first-order chi connectivity index (χ1) is 4.30. The third-order valence-corrected chi connectivity index (χ3v) is 1.24. The number of nitrogens with zero attached hydrogens (tertiary/aromatic N) is 1. The molecule has 0 amide bonds. The third kappa shape index (κ3) is 1.66. The minimum atomic E-state index is -1.32. The lowest BCUT2D eigenvalue weighted by Gasteiger charge is -2.04. The molecule has 0 bridgehead atoms. The smallest absolute Gasteiger partial charge is 0.423 e. The van der Waals surface area contributed by atoms with E-state index in [0.29, 0.717) is 11.9 Å². The van der Waals surface area contributed by atoms with E-state index < -0.39 is 7.12 Å². The molecule has 0 spiro atoms. The summed E-state index contributed by atoms with van der Waals surface area (Å²) in [5.74, 6) is 0. The summed E-state index contributed by atoms with van der Waals surface area (Å²) in [5.41, 5.74) is 0.595. The van der Waals surface area contributed by atoms with Gasteiger partial charge < -0.3 is 10.0 Å². The molecule has 0 aliphatic carbocycles. The normalized spacial score (nSPS) is 17.3. The monoisotopic (exact) mass is 125 g/mol. The molecule has 1 heterocycles. The lowest BCUT2D eigenvalue weighted by molar-refractivity contribution is 0.416. The van der Waals surface area contributed by atoms with Gasteiger partial charge in [-0.3, -0.25) is 4.99 Å². The molecule has 3 nitrogen and oxygen atoms in total. The summed E-state index contributed by atoms with van der Waals surface area (Å²) in [7, 11) is -1.32. The van der Waals surface area contributed by atoms with Gasteiger partial charge in [-0.05, 0) is 18.3 Å². The third-order valence-electron chi connectivity index (χ3n) is 1.24. The Balaban J connectivity index is 2.57. The zero-order valence-electron chi connectivity index (χ0n) is 4.99. The summed E-state index contributed by atoms with van der Waals surface area (Å²) in [6.45, 7) is 0. The van der Waals surface area contributed by atoms with Gasteiger partial charge in [0.2, 0.25) is 0 Å². The van der Waals surface area contributed by atoms with Crippen molar-refractivity contribution in [2.75, 3.05) is 0 Å². The van der Waals surface area contributed by atoms with E-state index in [4.69, 9.17) is 10.0 Å². The van der Waals surface area contributed by atoms with Gasteiger partial charge in [0.15, 0.2) is 0 Å². The maximum atomic E-state index is 8.59. The fourth-order valence-corrected chi connectivity index (χ4v) is 0.715. The Morgan fingerprint density at radius 2 is 2.33 bits per heavy atom. The number of allylic oxidation sites excluding steroid dienone is 1. The zero-order chi connectivity index (χ0) is 6.69. The van der Waals surface area contributed by atoms with Crippen molar-refractivity contribution < 1.29 is 10.0 Å². The molecule has 1 aliphatic rings. The van der Waals surface area contributed by atoms with Gasteiger partial charge in [0.1, 0.15) is 0 Å². The molecule has 0 unspecified atom stereocenters. The molecule has 0 aromatic carbocycles. The Morgan fingerprint density at radius 1 is 1.56 bits per heavy atom. The first-order valence-electron chi connectivity index (χ1n) is 2.87. The zero-order valence-corrected chi connectivity index (χ0v) is 4.99. The van der Waals surface area contributed by atoms with Crippen molar-refractivity contribution in [1.82, 2.24) is 0 Å². The summed E-state index contributed by atoms with van der Waals surface area (Å²) >= 11 is 0. The first-order valence-corrected chi connectivity index (χ1v) is 2.87. The van der Waals surface area contributed by atoms with Crippen LogP contribution in [0.5, 0.6) is 0 Å². The van der Waals surface area contributed by atoms with Gasteiger partial charge >= 0.3 is 7.12 Å². The molecular formula is C5H8BNO2. The van der Waals surface area contributed by atoms with E-state index in [1.165, 1.54) is 6.20 Å². The highest BCUT2D eigenvalue weighted by atomic mass is 16.4. The average Bonchev–Trinajstić information content (AvgIpc) is 1.90. The van der Waals surface area contributed by atoms with Crippen LogP contribution in [0.25, 0.3) is 0 Å². The van der Waals surface area contributed by atoms with Crippen molar-refractivity contribution in [1.29, 1.82) is 0 Å². The van der Waals surface area contributed by atoms with E-state index in [2.05, 4.69) is 4.99 Å². The summed E-state index contributed by atoms with van der Waals surface area (Å²) in [4.78, 5) is 3.77. The Hall–Kier alpha value is -0.605. The van der Waals surface area contributed by atoms with Crippen molar-refractivity contribution in [3.05, 3.63) is 11.7 Å². The van der Waals surface area contributed by atoms with Gasteiger partial charge in [0.05, 0.1) is 0 Å². The van der Waals surface area contributed by atoms with Crippen LogP contribution in [0, 0.1) is 0 Å². The van der Waals surface area contributed by atoms with Crippen LogP contribution in [0.15, 0.2) is 16.7 Å². The molecule has 9 heavy (non-hydrogen) atoms. The topological polar surface area (TPSA) is 52.8 Å². The van der Waals surface area contributed by atoms with Crippen molar-refractivity contribution in [2.24, 2.45) is 4.99 Å². The van der Waals surface area contributed by atoms with Crippen molar-refractivity contribution in [2.45, 2.75) is 12.8 Å². The number of hydrogen-bond donors (Lipinski definition) is 2. The maximum Gasteiger partial charge on any atom is 0.485 e. The maximum absolute atomic E-state index is 8.59. The van der Waals surface area contributed by atoms with E-state index in [1.54, 1.807) is 6.21 Å². The van der Waals surface area contributed by atoms with Crippen molar-refractivity contribution in [3.63, 3.8) is 0 Å². The van der Waals surface area contributed by atoms with Crippen LogP contribution in [0.2, 0.25) is 0 Å². The van der Waals surface area contributed by atoms with Gasteiger partial charge in [-0.25, -0.2) is 0 Å². The Morgan fingerprint density at radius 3 is 2.67 bits per heavy atom. The Bertz CT molecular complexity index is 153. The molecule has 0 saturated heterocycles. The molecule has 0 aromatic heterocycles. The van der Waals surface area contributed by atoms with Gasteiger partial charge in [0.25, 0.3) is 0 Å². The fourth-order valence-electron chi connectivity index (χ4n) is 0.715. The molecule has 0 aromatic rings. The Kier molecular flexibility index (Phi) is 2.03. The number of hydrogen-bond acceptors (Lipinski definition) is 3. The summed E-state index contributed by atoms with van der Waals surface area (Å²) in [5, 5.41) is 17.2. The van der Waals surface area contributed by atoms with Crippen molar-refractivity contribution >= 4 is 13.3 Å². The molecule has 1 aliphatic heterocycles. The molecule has 48 valence electrons. The van der Waals surface area contributed by atoms with Gasteiger partial charge in [-0.2, -0.15) is 0 Å². The summed E-state index contributed by atoms with van der Waals surface area (Å²) in [6, 6.07) is 0. The molecule has 0 fully saturated rings. The number of rotatable bonds is 1. The second-order valence-electron chi connectivity index (χ2n) is 1.95. The minimum Gasteiger partial charge on any atom is -0.423 e. The predicted octanol–water partition coefficient (Wildman–Crippen LogP) is -0.253. The van der Waals surface area contributed by atoms with E-state index in [0.717, 1.165) is 6.42 Å². The van der Waals surface area contributed by atoms with Crippen LogP contribution in [-0.4, -0.2) is 23.4 Å². The first kappa shape index (κ1) is 6.51. The quantitative estimate of drug-likeness (QED) is 0.474. The summed E-state index contributed by atoms with van der Waals surface area (Å²) in [6.07, 6.45) is 4.77. The van der Waals surface area contributed by atoms with Gasteiger partial charge in [-0.15, -0.1) is 0 Å². The van der Waals surface area contributed by atoms with Crippen LogP contribution in [-0.2, 0) is 0 Å². The molecule has 4 heteroatoms. The van der Waals surface area contributed by atoms with E-state index in [9.17, 15) is 0 Å². The van der Waals surface area contributed by atoms with E-state index >= 15 is 0 Å². The van der Waals surface area contributed by atoms with E-state index in [-0.39, 0.29) is 0 Å². The van der Waals surface area contributed by atoms with E-state index in [1.807, 2.05) is 0 Å².